The second kappa shape index (κ2) is 3.49. The van der Waals surface area contributed by atoms with E-state index in [1.807, 2.05) is 12.1 Å². The Labute approximate surface area is 102 Å². The van der Waals surface area contributed by atoms with Crippen LogP contribution in [0.1, 0.15) is 5.56 Å². The van der Waals surface area contributed by atoms with E-state index in [0.717, 1.165) is 15.6 Å². The van der Waals surface area contributed by atoms with Gasteiger partial charge in [0, 0.05) is 20.8 Å². The summed E-state index contributed by atoms with van der Waals surface area (Å²) in [6, 6.07) is 12.5. The molecule has 0 saturated heterocycles. The fourth-order valence-corrected chi connectivity index (χ4v) is 2.58. The van der Waals surface area contributed by atoms with Gasteiger partial charge < -0.3 is 4.98 Å². The summed E-state index contributed by atoms with van der Waals surface area (Å²) < 4.78 is 1.08. The Morgan fingerprint density at radius 3 is 2.75 bits per heavy atom. The monoisotopic (exact) mass is 271 g/mol. The molecule has 0 radical (unpaired) electrons. The first-order valence-corrected chi connectivity index (χ1v) is 5.91. The van der Waals surface area contributed by atoms with Gasteiger partial charge in [-0.15, -0.1) is 0 Å². The zero-order chi connectivity index (χ0) is 11.1. The Kier molecular flexibility index (Phi) is 2.11. The van der Waals surface area contributed by atoms with E-state index in [1.165, 1.54) is 16.3 Å². The lowest BCUT2D eigenvalue weighted by molar-refractivity contribution is 1.53. The van der Waals surface area contributed by atoms with Crippen molar-refractivity contribution in [1.82, 2.24) is 4.98 Å². The highest BCUT2D eigenvalue weighted by Gasteiger charge is 2.07. The van der Waals surface area contributed by atoms with Crippen molar-refractivity contribution in [1.29, 1.82) is 0 Å². The highest BCUT2D eigenvalue weighted by molar-refractivity contribution is 9.10. The van der Waals surface area contributed by atoms with E-state index < -0.39 is 0 Å². The fourth-order valence-electron chi connectivity index (χ4n) is 2.10. The fraction of sp³-hybridized carbons (Fsp3) is 0. The van der Waals surface area contributed by atoms with Crippen LogP contribution in [0, 0.1) is 0 Å². The molecule has 0 aliphatic heterocycles. The number of H-pyrrole nitrogens is 1. The van der Waals surface area contributed by atoms with E-state index in [0.29, 0.717) is 0 Å². The number of rotatable bonds is 1. The molecule has 1 N–H and O–H groups in total. The van der Waals surface area contributed by atoms with Gasteiger partial charge in [0.05, 0.1) is 5.52 Å². The highest BCUT2D eigenvalue weighted by atomic mass is 79.9. The van der Waals surface area contributed by atoms with E-state index in [-0.39, 0.29) is 0 Å². The number of hydrogen-bond acceptors (Lipinski definition) is 0. The smallest absolute Gasteiger partial charge is 0.0539 e. The summed E-state index contributed by atoms with van der Waals surface area (Å²) in [5.41, 5.74) is 3.44. The summed E-state index contributed by atoms with van der Waals surface area (Å²) in [7, 11) is 0. The quantitative estimate of drug-likeness (QED) is 0.659. The van der Waals surface area contributed by atoms with Crippen molar-refractivity contribution in [2.75, 3.05) is 0 Å². The van der Waals surface area contributed by atoms with E-state index in [1.54, 1.807) is 0 Å². The zero-order valence-corrected chi connectivity index (χ0v) is 10.2. The number of fused-ring (bicyclic) bond motifs is 3. The summed E-state index contributed by atoms with van der Waals surface area (Å²) in [5.74, 6) is 0. The minimum absolute atomic E-state index is 1.08. The van der Waals surface area contributed by atoms with Crippen molar-refractivity contribution < 1.29 is 0 Å². The van der Waals surface area contributed by atoms with Crippen LogP contribution in [0.5, 0.6) is 0 Å². The molecule has 78 valence electrons. The molecular formula is C14H10BrN. The Balaban J connectivity index is 2.59. The molecule has 0 saturated carbocycles. The van der Waals surface area contributed by atoms with Crippen LogP contribution < -0.4 is 0 Å². The van der Waals surface area contributed by atoms with Crippen LogP contribution in [0.3, 0.4) is 0 Å². The predicted octanol–water partition coefficient (Wildman–Crippen LogP) is 4.73. The number of nitrogens with one attached hydrogen (secondary N) is 1. The summed E-state index contributed by atoms with van der Waals surface area (Å²) >= 11 is 3.53. The molecule has 0 amide bonds. The molecule has 0 aliphatic carbocycles. The maximum Gasteiger partial charge on any atom is 0.0539 e. The van der Waals surface area contributed by atoms with Gasteiger partial charge in [-0.1, -0.05) is 46.8 Å². The molecule has 2 aromatic carbocycles. The standard InChI is InChI=1S/C14H10BrN/c1-2-9-7-10(15)8-12-11-5-3-4-6-13(11)16-14(9)12/h2-8,16H,1H2. The lowest BCUT2D eigenvalue weighted by Crippen LogP contribution is -1.76. The van der Waals surface area contributed by atoms with Gasteiger partial charge in [-0.2, -0.15) is 0 Å². The molecule has 16 heavy (non-hydrogen) atoms. The van der Waals surface area contributed by atoms with Crippen LogP contribution in [0.2, 0.25) is 0 Å². The second-order valence-electron chi connectivity index (χ2n) is 3.79. The number of benzene rings is 2. The van der Waals surface area contributed by atoms with Crippen molar-refractivity contribution in [2.24, 2.45) is 0 Å². The maximum absolute atomic E-state index is 3.85. The summed E-state index contributed by atoms with van der Waals surface area (Å²) in [6.45, 7) is 3.85. The van der Waals surface area contributed by atoms with Crippen molar-refractivity contribution in [2.45, 2.75) is 0 Å². The van der Waals surface area contributed by atoms with Crippen molar-refractivity contribution in [3.05, 3.63) is 53.0 Å². The highest BCUT2D eigenvalue weighted by Crippen LogP contribution is 2.31. The van der Waals surface area contributed by atoms with Crippen molar-refractivity contribution in [3.8, 4) is 0 Å². The molecule has 0 spiro atoms. The summed E-state index contributed by atoms with van der Waals surface area (Å²) in [6.07, 6.45) is 1.88. The van der Waals surface area contributed by atoms with Gasteiger partial charge in [0.25, 0.3) is 0 Å². The molecule has 0 aliphatic rings. The number of aromatic amines is 1. The van der Waals surface area contributed by atoms with Gasteiger partial charge in [-0.3, -0.25) is 0 Å². The van der Waals surface area contributed by atoms with Gasteiger partial charge in [0.2, 0.25) is 0 Å². The molecule has 1 aromatic heterocycles. The first-order chi connectivity index (χ1) is 7.79. The minimum Gasteiger partial charge on any atom is -0.354 e. The number of para-hydroxylation sites is 1. The Morgan fingerprint density at radius 1 is 1.12 bits per heavy atom. The second-order valence-corrected chi connectivity index (χ2v) is 4.71. The average molecular weight is 272 g/mol. The van der Waals surface area contributed by atoms with E-state index in [9.17, 15) is 0 Å². The third kappa shape index (κ3) is 1.30. The van der Waals surface area contributed by atoms with E-state index >= 15 is 0 Å². The van der Waals surface area contributed by atoms with Gasteiger partial charge in [-0.25, -0.2) is 0 Å². The average Bonchev–Trinajstić information content (AvgIpc) is 2.67. The first kappa shape index (κ1) is 9.67. The molecule has 2 heteroatoms. The number of halogens is 1. The van der Waals surface area contributed by atoms with Crippen LogP contribution in [0.15, 0.2) is 47.4 Å². The predicted molar refractivity (Wildman–Crippen MR) is 73.6 cm³/mol. The molecule has 0 atom stereocenters. The molecule has 0 unspecified atom stereocenters. The van der Waals surface area contributed by atoms with Gasteiger partial charge >= 0.3 is 0 Å². The summed E-state index contributed by atoms with van der Waals surface area (Å²) in [4.78, 5) is 3.43. The first-order valence-electron chi connectivity index (χ1n) is 5.12. The van der Waals surface area contributed by atoms with Crippen LogP contribution in [0.4, 0.5) is 0 Å². The van der Waals surface area contributed by atoms with Crippen molar-refractivity contribution in [3.63, 3.8) is 0 Å². The molecule has 1 heterocycles. The Morgan fingerprint density at radius 2 is 1.94 bits per heavy atom. The molecule has 3 aromatic rings. The Hall–Kier alpha value is -1.54. The third-order valence-electron chi connectivity index (χ3n) is 2.83. The molecule has 3 rings (SSSR count). The Bertz CT molecular complexity index is 694. The van der Waals surface area contributed by atoms with E-state index in [4.69, 9.17) is 0 Å². The molecular weight excluding hydrogens is 262 g/mol. The summed E-state index contributed by atoms with van der Waals surface area (Å²) in [5, 5.41) is 2.49. The SMILES string of the molecule is C=Cc1cc(Br)cc2c1[nH]c1ccccc12. The van der Waals surface area contributed by atoms with Crippen LogP contribution in [0.25, 0.3) is 27.9 Å². The van der Waals surface area contributed by atoms with Crippen LogP contribution in [-0.2, 0) is 0 Å². The lowest BCUT2D eigenvalue weighted by Gasteiger charge is -1.98. The normalized spacial score (nSPS) is 11.1. The van der Waals surface area contributed by atoms with Gasteiger partial charge in [0.1, 0.15) is 0 Å². The van der Waals surface area contributed by atoms with Crippen LogP contribution in [-0.4, -0.2) is 4.98 Å². The molecule has 0 fully saturated rings. The van der Waals surface area contributed by atoms with Gasteiger partial charge in [-0.05, 0) is 23.8 Å². The van der Waals surface area contributed by atoms with E-state index in [2.05, 4.69) is 57.8 Å². The number of hydrogen-bond donors (Lipinski definition) is 1. The topological polar surface area (TPSA) is 15.8 Å². The minimum atomic E-state index is 1.08. The molecule has 0 bridgehead atoms. The third-order valence-corrected chi connectivity index (χ3v) is 3.29. The van der Waals surface area contributed by atoms with Gasteiger partial charge in [0.15, 0.2) is 0 Å². The zero-order valence-electron chi connectivity index (χ0n) is 8.63. The van der Waals surface area contributed by atoms with Crippen molar-refractivity contribution >= 4 is 43.8 Å². The van der Waals surface area contributed by atoms with Crippen LogP contribution >= 0.6 is 15.9 Å². The molecule has 1 nitrogen and oxygen atoms in total. The number of aromatic nitrogens is 1. The lowest BCUT2D eigenvalue weighted by atomic mass is 10.1. The maximum atomic E-state index is 3.85. The largest absolute Gasteiger partial charge is 0.354 e.